The monoisotopic (exact) mass is 257 g/mol. The van der Waals surface area contributed by atoms with E-state index in [1.165, 1.54) is 6.07 Å². The van der Waals surface area contributed by atoms with Crippen LogP contribution in [0.1, 0.15) is 24.5 Å². The SMILES string of the molecule is OC[C@@H]1CCCN1C[C@@H](O)c1ccc(F)cc1F. The summed E-state index contributed by atoms with van der Waals surface area (Å²) in [5, 5.41) is 19.1. The van der Waals surface area contributed by atoms with Gasteiger partial charge in [-0.15, -0.1) is 0 Å². The number of rotatable bonds is 4. The lowest BCUT2D eigenvalue weighted by molar-refractivity contribution is 0.0830. The predicted molar refractivity (Wildman–Crippen MR) is 63.0 cm³/mol. The Morgan fingerprint density at radius 3 is 2.83 bits per heavy atom. The normalized spacial score (nSPS) is 22.3. The minimum Gasteiger partial charge on any atom is -0.395 e. The highest BCUT2D eigenvalue weighted by atomic mass is 19.1. The van der Waals surface area contributed by atoms with Gasteiger partial charge in [0.15, 0.2) is 0 Å². The van der Waals surface area contributed by atoms with Gasteiger partial charge in [-0.2, -0.15) is 0 Å². The second-order valence-corrected chi connectivity index (χ2v) is 4.66. The molecule has 18 heavy (non-hydrogen) atoms. The van der Waals surface area contributed by atoms with E-state index in [9.17, 15) is 13.9 Å². The highest BCUT2D eigenvalue weighted by molar-refractivity contribution is 5.21. The third-order valence-corrected chi connectivity index (χ3v) is 3.44. The quantitative estimate of drug-likeness (QED) is 0.858. The fourth-order valence-electron chi connectivity index (χ4n) is 2.43. The van der Waals surface area contributed by atoms with Gasteiger partial charge in [0, 0.05) is 24.2 Å². The van der Waals surface area contributed by atoms with Crippen LogP contribution in [0, 0.1) is 11.6 Å². The molecule has 0 amide bonds. The smallest absolute Gasteiger partial charge is 0.131 e. The molecule has 1 aliphatic rings. The van der Waals surface area contributed by atoms with Crippen molar-refractivity contribution in [2.24, 2.45) is 0 Å². The number of nitrogens with zero attached hydrogens (tertiary/aromatic N) is 1. The highest BCUT2D eigenvalue weighted by Crippen LogP contribution is 2.23. The van der Waals surface area contributed by atoms with Crippen LogP contribution >= 0.6 is 0 Å². The number of aliphatic hydroxyl groups excluding tert-OH is 2. The first kappa shape index (κ1) is 13.4. The van der Waals surface area contributed by atoms with Gasteiger partial charge in [-0.05, 0) is 25.5 Å². The number of hydrogen-bond donors (Lipinski definition) is 2. The Balaban J connectivity index is 2.05. The van der Waals surface area contributed by atoms with Crippen molar-refractivity contribution in [2.45, 2.75) is 25.0 Å². The molecule has 0 bridgehead atoms. The Morgan fingerprint density at radius 1 is 1.39 bits per heavy atom. The van der Waals surface area contributed by atoms with E-state index in [0.29, 0.717) is 0 Å². The molecule has 1 fully saturated rings. The van der Waals surface area contributed by atoms with Crippen LogP contribution in [0.4, 0.5) is 8.78 Å². The maximum atomic E-state index is 13.5. The van der Waals surface area contributed by atoms with Crippen LogP contribution in [0.25, 0.3) is 0 Å². The Bertz CT molecular complexity index is 414. The largest absolute Gasteiger partial charge is 0.395 e. The van der Waals surface area contributed by atoms with Gasteiger partial charge in [0.25, 0.3) is 0 Å². The van der Waals surface area contributed by atoms with E-state index < -0.39 is 17.7 Å². The molecule has 100 valence electrons. The van der Waals surface area contributed by atoms with E-state index in [0.717, 1.165) is 31.5 Å². The first-order valence-electron chi connectivity index (χ1n) is 6.09. The zero-order valence-corrected chi connectivity index (χ0v) is 10.0. The lowest BCUT2D eigenvalue weighted by Crippen LogP contribution is -2.35. The van der Waals surface area contributed by atoms with E-state index in [4.69, 9.17) is 5.11 Å². The molecule has 0 spiro atoms. The molecule has 0 radical (unpaired) electrons. The number of β-amino-alcohol motifs (C(OH)–C–C–N with tert-alkyl or cyclic N) is 1. The Hall–Kier alpha value is -1.04. The third-order valence-electron chi connectivity index (χ3n) is 3.44. The molecule has 2 rings (SSSR count). The fourth-order valence-corrected chi connectivity index (χ4v) is 2.43. The maximum Gasteiger partial charge on any atom is 0.131 e. The number of benzene rings is 1. The van der Waals surface area contributed by atoms with Crippen LogP contribution < -0.4 is 0 Å². The molecule has 1 aliphatic heterocycles. The second-order valence-electron chi connectivity index (χ2n) is 4.66. The lowest BCUT2D eigenvalue weighted by Gasteiger charge is -2.25. The molecule has 0 aliphatic carbocycles. The lowest BCUT2D eigenvalue weighted by atomic mass is 10.1. The minimum atomic E-state index is -1.00. The van der Waals surface area contributed by atoms with Crippen LogP contribution in [0.15, 0.2) is 18.2 Å². The molecule has 3 nitrogen and oxygen atoms in total. The maximum absolute atomic E-state index is 13.5. The molecule has 0 aromatic heterocycles. The average molecular weight is 257 g/mol. The number of aliphatic hydroxyl groups is 2. The van der Waals surface area contributed by atoms with E-state index in [2.05, 4.69) is 0 Å². The summed E-state index contributed by atoms with van der Waals surface area (Å²) in [4.78, 5) is 1.94. The summed E-state index contributed by atoms with van der Waals surface area (Å²) >= 11 is 0. The van der Waals surface area contributed by atoms with E-state index in [-0.39, 0.29) is 24.8 Å². The average Bonchev–Trinajstić information content (AvgIpc) is 2.76. The number of halogens is 2. The highest BCUT2D eigenvalue weighted by Gasteiger charge is 2.26. The summed E-state index contributed by atoms with van der Waals surface area (Å²) in [6.45, 7) is 1.08. The van der Waals surface area contributed by atoms with Gasteiger partial charge in [-0.3, -0.25) is 4.90 Å². The Morgan fingerprint density at radius 2 is 2.17 bits per heavy atom. The molecule has 1 aromatic rings. The summed E-state index contributed by atoms with van der Waals surface area (Å²) in [5.41, 5.74) is 0.0972. The molecular weight excluding hydrogens is 240 g/mol. The first-order chi connectivity index (χ1) is 8.61. The van der Waals surface area contributed by atoms with Gasteiger partial charge in [-0.25, -0.2) is 8.78 Å². The summed E-state index contributed by atoms with van der Waals surface area (Å²) < 4.78 is 26.3. The van der Waals surface area contributed by atoms with Crippen molar-refractivity contribution >= 4 is 0 Å². The van der Waals surface area contributed by atoms with E-state index in [1.54, 1.807) is 0 Å². The van der Waals surface area contributed by atoms with Crippen LogP contribution in [0.3, 0.4) is 0 Å². The molecule has 2 atom stereocenters. The van der Waals surface area contributed by atoms with Crippen molar-refractivity contribution in [2.75, 3.05) is 19.7 Å². The minimum absolute atomic E-state index is 0.0307. The molecule has 0 saturated carbocycles. The van der Waals surface area contributed by atoms with Crippen molar-refractivity contribution in [3.8, 4) is 0 Å². The molecule has 5 heteroatoms. The molecule has 1 saturated heterocycles. The number of hydrogen-bond acceptors (Lipinski definition) is 3. The van der Waals surface area contributed by atoms with Crippen molar-refractivity contribution < 1.29 is 19.0 Å². The van der Waals surface area contributed by atoms with Crippen LogP contribution in [-0.4, -0.2) is 40.9 Å². The van der Waals surface area contributed by atoms with Crippen LogP contribution in [-0.2, 0) is 0 Å². The Kier molecular flexibility index (Phi) is 4.27. The van der Waals surface area contributed by atoms with Crippen molar-refractivity contribution in [1.82, 2.24) is 4.90 Å². The Labute approximate surface area is 105 Å². The van der Waals surface area contributed by atoms with Gasteiger partial charge >= 0.3 is 0 Å². The molecule has 2 N–H and O–H groups in total. The van der Waals surface area contributed by atoms with Crippen molar-refractivity contribution in [1.29, 1.82) is 0 Å². The fraction of sp³-hybridized carbons (Fsp3) is 0.538. The van der Waals surface area contributed by atoms with E-state index in [1.807, 2.05) is 4.90 Å². The number of likely N-dealkylation sites (tertiary alicyclic amines) is 1. The van der Waals surface area contributed by atoms with Crippen molar-refractivity contribution in [3.05, 3.63) is 35.4 Å². The summed E-state index contributed by atoms with van der Waals surface area (Å²) in [6, 6.07) is 3.20. The zero-order valence-electron chi connectivity index (χ0n) is 10.0. The zero-order chi connectivity index (χ0) is 13.1. The van der Waals surface area contributed by atoms with Gasteiger partial charge in [0.05, 0.1) is 12.7 Å². The second kappa shape index (κ2) is 5.73. The van der Waals surface area contributed by atoms with Gasteiger partial charge in [0.2, 0.25) is 0 Å². The van der Waals surface area contributed by atoms with Crippen LogP contribution in [0.2, 0.25) is 0 Å². The van der Waals surface area contributed by atoms with Crippen LogP contribution in [0.5, 0.6) is 0 Å². The molecule has 1 aromatic carbocycles. The summed E-state index contributed by atoms with van der Waals surface area (Å²) in [5.74, 6) is -1.39. The van der Waals surface area contributed by atoms with Gasteiger partial charge < -0.3 is 10.2 Å². The van der Waals surface area contributed by atoms with Crippen molar-refractivity contribution in [3.63, 3.8) is 0 Å². The first-order valence-corrected chi connectivity index (χ1v) is 6.09. The van der Waals surface area contributed by atoms with E-state index >= 15 is 0 Å². The molecular formula is C13H17F2NO2. The standard InChI is InChI=1S/C13H17F2NO2/c14-9-3-4-11(12(15)6-9)13(18)7-16-5-1-2-10(16)8-17/h3-4,6,10,13,17-18H,1-2,5,7-8H2/t10-,13+/m0/s1. The van der Waals surface area contributed by atoms with Gasteiger partial charge in [0.1, 0.15) is 11.6 Å². The third kappa shape index (κ3) is 2.85. The molecule has 0 unspecified atom stereocenters. The van der Waals surface area contributed by atoms with Gasteiger partial charge in [-0.1, -0.05) is 6.07 Å². The predicted octanol–water partition coefficient (Wildman–Crippen LogP) is 1.45. The summed E-state index contributed by atoms with van der Waals surface area (Å²) in [7, 11) is 0. The molecule has 1 heterocycles. The summed E-state index contributed by atoms with van der Waals surface area (Å²) in [6.07, 6.45) is 0.844. The topological polar surface area (TPSA) is 43.7 Å².